The summed E-state index contributed by atoms with van der Waals surface area (Å²) in [6, 6.07) is 3.48. The molecule has 0 radical (unpaired) electrons. The Labute approximate surface area is 204 Å². The van der Waals surface area contributed by atoms with Crippen LogP contribution >= 0.6 is 0 Å². The molecule has 3 heterocycles. The average Bonchev–Trinajstić information content (AvgIpc) is 3.48. The number of piperazine rings is 1. The van der Waals surface area contributed by atoms with Gasteiger partial charge in [-0.15, -0.1) is 0 Å². The van der Waals surface area contributed by atoms with Crippen LogP contribution in [-0.4, -0.2) is 104 Å². The van der Waals surface area contributed by atoms with Crippen LogP contribution in [-0.2, 0) is 10.0 Å². The van der Waals surface area contributed by atoms with Gasteiger partial charge in [-0.2, -0.15) is 9.98 Å². The normalized spacial score (nSPS) is 17.2. The minimum absolute atomic E-state index is 0.0560. The molecule has 35 heavy (non-hydrogen) atoms. The van der Waals surface area contributed by atoms with Crippen LogP contribution in [0.2, 0.25) is 0 Å². The van der Waals surface area contributed by atoms with Gasteiger partial charge in [-0.25, -0.2) is 18.2 Å². The molecule has 1 saturated carbocycles. The molecule has 2 aromatic rings. The maximum atomic E-state index is 13.3. The first-order chi connectivity index (χ1) is 16.5. The molecule has 2 aliphatic rings. The van der Waals surface area contributed by atoms with Gasteiger partial charge in [0.25, 0.3) is 5.91 Å². The van der Waals surface area contributed by atoms with E-state index in [-0.39, 0.29) is 22.5 Å². The lowest BCUT2D eigenvalue weighted by molar-refractivity contribution is 0.0795. The fraction of sp³-hybridized carbons (Fsp3) is 0.545. The Bertz CT molecular complexity index is 1300. The van der Waals surface area contributed by atoms with Crippen molar-refractivity contribution in [1.29, 1.82) is 5.26 Å². The average molecular weight is 503 g/mol. The van der Waals surface area contributed by atoms with Crippen LogP contribution in [0.3, 0.4) is 0 Å². The number of rotatable bonds is 6. The van der Waals surface area contributed by atoms with E-state index in [1.165, 1.54) is 32.7 Å². The van der Waals surface area contributed by atoms with Crippen LogP contribution in [0, 0.1) is 11.3 Å². The van der Waals surface area contributed by atoms with E-state index in [1.54, 1.807) is 26.0 Å². The number of nitrogens with zero attached hydrogens (tertiary/aromatic N) is 7. The zero-order valence-corrected chi connectivity index (χ0v) is 21.2. The highest BCUT2D eigenvalue weighted by Gasteiger charge is 2.47. The van der Waals surface area contributed by atoms with Crippen molar-refractivity contribution in [3.05, 3.63) is 24.2 Å². The second-order valence-electron chi connectivity index (χ2n) is 9.17. The van der Waals surface area contributed by atoms with E-state index < -0.39 is 15.6 Å². The number of aromatic nitrogens is 2. The van der Waals surface area contributed by atoms with Gasteiger partial charge < -0.3 is 19.6 Å². The van der Waals surface area contributed by atoms with Crippen molar-refractivity contribution >= 4 is 33.3 Å². The van der Waals surface area contributed by atoms with Crippen molar-refractivity contribution in [3.63, 3.8) is 0 Å². The van der Waals surface area contributed by atoms with E-state index in [0.29, 0.717) is 56.9 Å². The van der Waals surface area contributed by atoms with E-state index in [4.69, 9.17) is 0 Å². The number of amides is 3. The number of carbonyl (C=O) groups excluding carboxylic acids is 2. The van der Waals surface area contributed by atoms with Crippen molar-refractivity contribution < 1.29 is 18.0 Å². The summed E-state index contributed by atoms with van der Waals surface area (Å²) in [7, 11) is 1.01. The Morgan fingerprint density at radius 3 is 2.40 bits per heavy atom. The van der Waals surface area contributed by atoms with E-state index in [9.17, 15) is 23.3 Å². The summed E-state index contributed by atoms with van der Waals surface area (Å²) in [4.78, 5) is 36.4. The standard InChI is InChI=1S/C22H30N8O4S/c1-5-27(4)20(31)18-13-24-19-17(28-8-10-29(11-9-28)21(32)26(2)3)12-16(14-30(18)19)35(33,34)25-22(15-23)6-7-22/h12-14,25H,5-11H2,1-4H3. The quantitative estimate of drug-likeness (QED) is 0.610. The molecular weight excluding hydrogens is 472 g/mol. The van der Waals surface area contributed by atoms with E-state index in [2.05, 4.69) is 9.71 Å². The second-order valence-corrected chi connectivity index (χ2v) is 10.9. The molecular formula is C22H30N8O4S. The molecule has 12 nitrogen and oxygen atoms in total. The predicted octanol–water partition coefficient (Wildman–Crippen LogP) is 0.564. The SMILES string of the molecule is CCN(C)C(=O)c1cnc2c(N3CCN(C(=O)N(C)C)CC3)cc(S(=O)(=O)NC3(C#N)CC3)cn12. The zero-order valence-electron chi connectivity index (χ0n) is 20.4. The monoisotopic (exact) mass is 502 g/mol. The second kappa shape index (κ2) is 9.01. The Morgan fingerprint density at radius 1 is 1.20 bits per heavy atom. The number of urea groups is 1. The summed E-state index contributed by atoms with van der Waals surface area (Å²) in [5, 5.41) is 9.39. The number of hydrogen-bond acceptors (Lipinski definition) is 7. The van der Waals surface area contributed by atoms with Crippen LogP contribution in [0.1, 0.15) is 30.3 Å². The number of anilines is 1. The largest absolute Gasteiger partial charge is 0.365 e. The lowest BCUT2D eigenvalue weighted by Crippen LogP contribution is -2.51. The lowest BCUT2D eigenvalue weighted by Gasteiger charge is -2.37. The first kappa shape index (κ1) is 24.7. The van der Waals surface area contributed by atoms with Crippen LogP contribution in [0.15, 0.2) is 23.4 Å². The zero-order chi connectivity index (χ0) is 25.5. The first-order valence-electron chi connectivity index (χ1n) is 11.4. The molecule has 3 amide bonds. The van der Waals surface area contributed by atoms with Gasteiger partial charge in [0.1, 0.15) is 16.1 Å². The fourth-order valence-corrected chi connectivity index (χ4v) is 5.41. The first-order valence-corrected chi connectivity index (χ1v) is 12.9. The minimum Gasteiger partial charge on any atom is -0.365 e. The number of fused-ring (bicyclic) bond motifs is 1. The Kier molecular flexibility index (Phi) is 6.37. The maximum Gasteiger partial charge on any atom is 0.319 e. The molecule has 4 rings (SSSR count). The molecule has 1 N–H and O–H groups in total. The topological polar surface area (TPSA) is 134 Å². The maximum absolute atomic E-state index is 13.3. The van der Waals surface area contributed by atoms with Crippen molar-refractivity contribution in [2.75, 3.05) is 58.8 Å². The van der Waals surface area contributed by atoms with E-state index in [1.807, 2.05) is 17.9 Å². The number of carbonyl (C=O) groups is 2. The molecule has 13 heteroatoms. The van der Waals surface area contributed by atoms with Crippen molar-refractivity contribution in [2.24, 2.45) is 0 Å². The molecule has 0 spiro atoms. The molecule has 0 aromatic carbocycles. The van der Waals surface area contributed by atoms with Crippen molar-refractivity contribution in [2.45, 2.75) is 30.2 Å². The molecule has 0 unspecified atom stereocenters. The molecule has 1 saturated heterocycles. The molecule has 1 aliphatic carbocycles. The third-order valence-corrected chi connectivity index (χ3v) is 7.98. The molecule has 0 bridgehead atoms. The van der Waals surface area contributed by atoms with Crippen LogP contribution in [0.5, 0.6) is 0 Å². The predicted molar refractivity (Wildman–Crippen MR) is 129 cm³/mol. The van der Waals surface area contributed by atoms with E-state index >= 15 is 0 Å². The van der Waals surface area contributed by atoms with Gasteiger partial charge in [-0.05, 0) is 25.8 Å². The highest BCUT2D eigenvalue weighted by Crippen LogP contribution is 2.36. The summed E-state index contributed by atoms with van der Waals surface area (Å²) in [6.07, 6.45) is 3.73. The summed E-state index contributed by atoms with van der Waals surface area (Å²) in [5.41, 5.74) is 0.156. The minimum atomic E-state index is -4.05. The van der Waals surface area contributed by atoms with Crippen molar-refractivity contribution in [1.82, 2.24) is 28.8 Å². The number of hydrogen-bond donors (Lipinski definition) is 1. The van der Waals surface area contributed by atoms with Crippen LogP contribution in [0.4, 0.5) is 10.5 Å². The Balaban J connectivity index is 1.76. The highest BCUT2D eigenvalue weighted by atomic mass is 32.2. The number of sulfonamides is 1. The molecule has 188 valence electrons. The molecule has 2 aromatic heterocycles. The third-order valence-electron chi connectivity index (χ3n) is 6.48. The smallest absolute Gasteiger partial charge is 0.319 e. The fourth-order valence-electron chi connectivity index (χ4n) is 4.02. The summed E-state index contributed by atoms with van der Waals surface area (Å²) >= 11 is 0. The summed E-state index contributed by atoms with van der Waals surface area (Å²) in [5.74, 6) is -0.287. The molecule has 0 atom stereocenters. The Morgan fingerprint density at radius 2 is 1.86 bits per heavy atom. The molecule has 2 fully saturated rings. The van der Waals surface area contributed by atoms with Crippen LogP contribution < -0.4 is 9.62 Å². The number of nitriles is 1. The Hall–Kier alpha value is -3.37. The number of pyridine rings is 1. The van der Waals surface area contributed by atoms with Crippen molar-refractivity contribution in [3.8, 4) is 6.07 Å². The van der Waals surface area contributed by atoms with Gasteiger partial charge in [-0.3, -0.25) is 9.20 Å². The van der Waals surface area contributed by atoms with Gasteiger partial charge >= 0.3 is 6.03 Å². The van der Waals surface area contributed by atoms with Gasteiger partial charge in [0.15, 0.2) is 5.65 Å². The van der Waals surface area contributed by atoms with Gasteiger partial charge in [0, 0.05) is 60.1 Å². The summed E-state index contributed by atoms with van der Waals surface area (Å²) < 4.78 is 30.6. The highest BCUT2D eigenvalue weighted by molar-refractivity contribution is 7.89. The number of nitrogens with one attached hydrogen (secondary N) is 1. The third kappa shape index (κ3) is 4.63. The van der Waals surface area contributed by atoms with Crippen LogP contribution in [0.25, 0.3) is 5.65 Å². The summed E-state index contributed by atoms with van der Waals surface area (Å²) in [6.45, 7) is 4.18. The van der Waals surface area contributed by atoms with Gasteiger partial charge in [0.2, 0.25) is 10.0 Å². The lowest BCUT2D eigenvalue weighted by atomic mass is 10.2. The van der Waals surface area contributed by atoms with Gasteiger partial charge in [0.05, 0.1) is 18.0 Å². The number of imidazole rings is 1. The molecule has 1 aliphatic heterocycles. The van der Waals surface area contributed by atoms with E-state index in [0.717, 1.165) is 0 Å². The van der Waals surface area contributed by atoms with Gasteiger partial charge in [-0.1, -0.05) is 0 Å².